The number of hydrogen-bond donors (Lipinski definition) is 1. The molecule has 5 heteroatoms. The number of rotatable bonds is 12. The fourth-order valence-corrected chi connectivity index (χ4v) is 4.45. The molecule has 3 aromatic rings. The predicted molar refractivity (Wildman–Crippen MR) is 142 cm³/mol. The van der Waals surface area contributed by atoms with Crippen LogP contribution in [0.15, 0.2) is 66.7 Å². The van der Waals surface area contributed by atoms with Crippen LogP contribution < -0.4 is 4.74 Å². The molecule has 0 heterocycles. The number of hydrogen-bond acceptors (Lipinski definition) is 3. The number of nitrogens with zero attached hydrogens (tertiary/aromatic N) is 1. The van der Waals surface area contributed by atoms with Gasteiger partial charge in [-0.2, -0.15) is 0 Å². The molecule has 0 spiro atoms. The maximum Gasteiger partial charge on any atom is 0.303 e. The van der Waals surface area contributed by atoms with Gasteiger partial charge in [-0.05, 0) is 80.8 Å². The average Bonchev–Trinajstić information content (AvgIpc) is 3.72. The van der Waals surface area contributed by atoms with Crippen molar-refractivity contribution in [3.05, 3.63) is 89.0 Å². The van der Waals surface area contributed by atoms with Crippen LogP contribution in [0.3, 0.4) is 0 Å². The van der Waals surface area contributed by atoms with E-state index >= 15 is 0 Å². The summed E-state index contributed by atoms with van der Waals surface area (Å²) in [5, 5.41) is 8.77. The standard InChI is InChI=1S/C31H35NO4/c1-22-11-12-23(2)28(20-22)24-13-15-25(16-14-24)31(35)32(27-17-18-27)21-26-8-5-6-9-29(26)36-19-7-3-4-10-30(33)34/h5-6,8-9,11-16,20,27H,3-4,7,10,17-19,21H2,1-2H3,(H,33,34). The lowest BCUT2D eigenvalue weighted by Gasteiger charge is -2.24. The van der Waals surface area contributed by atoms with Crippen molar-refractivity contribution < 1.29 is 19.4 Å². The summed E-state index contributed by atoms with van der Waals surface area (Å²) in [5.41, 5.74) is 6.45. The van der Waals surface area contributed by atoms with Gasteiger partial charge in [0.25, 0.3) is 5.91 Å². The van der Waals surface area contributed by atoms with Crippen LogP contribution in [0, 0.1) is 13.8 Å². The lowest BCUT2D eigenvalue weighted by Crippen LogP contribution is -2.32. The van der Waals surface area contributed by atoms with Crippen molar-refractivity contribution in [2.24, 2.45) is 0 Å². The molecule has 0 radical (unpaired) electrons. The van der Waals surface area contributed by atoms with Gasteiger partial charge in [-0.1, -0.05) is 54.1 Å². The van der Waals surface area contributed by atoms with Crippen LogP contribution in [-0.4, -0.2) is 34.5 Å². The molecule has 0 aliphatic heterocycles. The van der Waals surface area contributed by atoms with Crippen molar-refractivity contribution in [3.63, 3.8) is 0 Å². The zero-order chi connectivity index (χ0) is 25.5. The van der Waals surface area contributed by atoms with Crippen LogP contribution in [0.4, 0.5) is 0 Å². The molecule has 0 bridgehead atoms. The molecule has 1 N–H and O–H groups in total. The second-order valence-electron chi connectivity index (χ2n) is 9.72. The smallest absolute Gasteiger partial charge is 0.303 e. The number of aliphatic carboxylic acids is 1. The van der Waals surface area contributed by atoms with E-state index < -0.39 is 5.97 Å². The van der Waals surface area contributed by atoms with Crippen LogP contribution in [0.25, 0.3) is 11.1 Å². The molecule has 0 aromatic heterocycles. The molecule has 5 nitrogen and oxygen atoms in total. The molecule has 188 valence electrons. The van der Waals surface area contributed by atoms with Gasteiger partial charge in [0, 0.05) is 30.1 Å². The first kappa shape index (κ1) is 25.5. The predicted octanol–water partition coefficient (Wildman–Crippen LogP) is 6.80. The third kappa shape index (κ3) is 6.75. The van der Waals surface area contributed by atoms with Crippen LogP contribution >= 0.6 is 0 Å². The average molecular weight is 486 g/mol. The van der Waals surface area contributed by atoms with Gasteiger partial charge in [-0.25, -0.2) is 0 Å². The Balaban J connectivity index is 1.42. The van der Waals surface area contributed by atoms with E-state index in [-0.39, 0.29) is 18.4 Å². The summed E-state index contributed by atoms with van der Waals surface area (Å²) in [5.74, 6) is 0.0824. The van der Waals surface area contributed by atoms with E-state index in [1.165, 1.54) is 16.7 Å². The Morgan fingerprint density at radius 3 is 2.42 bits per heavy atom. The Kier molecular flexibility index (Phi) is 8.42. The molecule has 36 heavy (non-hydrogen) atoms. The van der Waals surface area contributed by atoms with Crippen molar-refractivity contribution in [2.45, 2.75) is 65.0 Å². The van der Waals surface area contributed by atoms with Crippen molar-refractivity contribution in [1.29, 1.82) is 0 Å². The Morgan fingerprint density at radius 2 is 1.69 bits per heavy atom. The summed E-state index contributed by atoms with van der Waals surface area (Å²) in [7, 11) is 0. The van der Waals surface area contributed by atoms with Crippen molar-refractivity contribution in [3.8, 4) is 16.9 Å². The van der Waals surface area contributed by atoms with Crippen LogP contribution in [-0.2, 0) is 11.3 Å². The first-order valence-electron chi connectivity index (χ1n) is 12.8. The number of para-hydroxylation sites is 1. The Morgan fingerprint density at radius 1 is 0.944 bits per heavy atom. The molecule has 1 aliphatic carbocycles. The van der Waals surface area contributed by atoms with Gasteiger partial charge in [0.15, 0.2) is 0 Å². The van der Waals surface area contributed by atoms with Gasteiger partial charge >= 0.3 is 5.97 Å². The van der Waals surface area contributed by atoms with Crippen LogP contribution in [0.2, 0.25) is 0 Å². The highest BCUT2D eigenvalue weighted by atomic mass is 16.5. The fraction of sp³-hybridized carbons (Fsp3) is 0.355. The lowest BCUT2D eigenvalue weighted by atomic mass is 9.97. The number of carbonyl (C=O) groups excluding carboxylic acids is 1. The minimum absolute atomic E-state index is 0.0495. The maximum atomic E-state index is 13.5. The topological polar surface area (TPSA) is 66.8 Å². The zero-order valence-corrected chi connectivity index (χ0v) is 21.2. The summed E-state index contributed by atoms with van der Waals surface area (Å²) < 4.78 is 6.03. The van der Waals surface area contributed by atoms with Gasteiger partial charge in [-0.15, -0.1) is 0 Å². The molecule has 1 amide bonds. The quantitative estimate of drug-likeness (QED) is 0.287. The van der Waals surface area contributed by atoms with E-state index in [0.29, 0.717) is 25.1 Å². The zero-order valence-electron chi connectivity index (χ0n) is 21.2. The molecule has 1 saturated carbocycles. The summed E-state index contributed by atoms with van der Waals surface area (Å²) in [6.07, 6.45) is 4.53. The number of aryl methyl sites for hydroxylation is 2. The van der Waals surface area contributed by atoms with E-state index in [9.17, 15) is 9.59 Å². The molecule has 1 aliphatic rings. The molecule has 1 fully saturated rings. The van der Waals surface area contributed by atoms with E-state index in [0.717, 1.165) is 42.6 Å². The van der Waals surface area contributed by atoms with Crippen LogP contribution in [0.5, 0.6) is 5.75 Å². The van der Waals surface area contributed by atoms with E-state index in [2.05, 4.69) is 32.0 Å². The van der Waals surface area contributed by atoms with Crippen molar-refractivity contribution in [1.82, 2.24) is 4.90 Å². The number of carbonyl (C=O) groups is 2. The Bertz CT molecular complexity index is 1200. The largest absolute Gasteiger partial charge is 0.493 e. The highest BCUT2D eigenvalue weighted by Crippen LogP contribution is 2.32. The summed E-state index contributed by atoms with van der Waals surface area (Å²) in [6.45, 7) is 5.25. The third-order valence-corrected chi connectivity index (χ3v) is 6.69. The molecule has 4 rings (SSSR count). The normalized spacial score (nSPS) is 12.8. The molecule has 0 saturated heterocycles. The number of carboxylic acids is 1. The molecular weight excluding hydrogens is 450 g/mol. The lowest BCUT2D eigenvalue weighted by molar-refractivity contribution is -0.137. The number of ether oxygens (including phenoxy) is 1. The van der Waals surface area contributed by atoms with Gasteiger partial charge in [-0.3, -0.25) is 9.59 Å². The number of unbranched alkanes of at least 4 members (excludes halogenated alkanes) is 2. The SMILES string of the molecule is Cc1ccc(C)c(-c2ccc(C(=O)N(Cc3ccccc3OCCCCCC(=O)O)C3CC3)cc2)c1. The first-order chi connectivity index (χ1) is 17.4. The Hall–Kier alpha value is -3.60. The Labute approximate surface area is 213 Å². The van der Waals surface area contributed by atoms with Crippen molar-refractivity contribution >= 4 is 11.9 Å². The van der Waals surface area contributed by atoms with Gasteiger partial charge in [0.2, 0.25) is 0 Å². The molecule has 3 aromatic carbocycles. The number of benzene rings is 3. The second kappa shape index (κ2) is 11.9. The maximum absolute atomic E-state index is 13.5. The first-order valence-corrected chi connectivity index (χ1v) is 12.8. The number of carboxylic acid groups (broad SMARTS) is 1. The summed E-state index contributed by atoms with van der Waals surface area (Å²) in [6, 6.07) is 22.5. The minimum Gasteiger partial charge on any atom is -0.493 e. The third-order valence-electron chi connectivity index (χ3n) is 6.69. The molecule has 0 atom stereocenters. The highest BCUT2D eigenvalue weighted by molar-refractivity contribution is 5.95. The van der Waals surface area contributed by atoms with E-state index in [1.54, 1.807) is 0 Å². The fourth-order valence-electron chi connectivity index (χ4n) is 4.45. The molecular formula is C31H35NO4. The number of amides is 1. The summed E-state index contributed by atoms with van der Waals surface area (Å²) in [4.78, 5) is 26.2. The van der Waals surface area contributed by atoms with E-state index in [1.807, 2.05) is 53.4 Å². The van der Waals surface area contributed by atoms with Crippen molar-refractivity contribution in [2.75, 3.05) is 6.61 Å². The van der Waals surface area contributed by atoms with Gasteiger partial charge < -0.3 is 14.7 Å². The minimum atomic E-state index is -0.758. The molecule has 0 unspecified atom stereocenters. The highest BCUT2D eigenvalue weighted by Gasteiger charge is 2.33. The van der Waals surface area contributed by atoms with Crippen LogP contribution in [0.1, 0.15) is 65.6 Å². The monoisotopic (exact) mass is 485 g/mol. The van der Waals surface area contributed by atoms with Gasteiger partial charge in [0.1, 0.15) is 5.75 Å². The summed E-state index contributed by atoms with van der Waals surface area (Å²) >= 11 is 0. The second-order valence-corrected chi connectivity index (χ2v) is 9.72. The van der Waals surface area contributed by atoms with E-state index in [4.69, 9.17) is 9.84 Å². The van der Waals surface area contributed by atoms with Gasteiger partial charge in [0.05, 0.1) is 6.61 Å².